The number of benzene rings is 2. The molecule has 0 fully saturated rings. The molecular formula is C24H24N2O3. The molecule has 29 heavy (non-hydrogen) atoms. The largest absolute Gasteiger partial charge is 0.465 e. The van der Waals surface area contributed by atoms with Gasteiger partial charge in [-0.25, -0.2) is 0 Å². The van der Waals surface area contributed by atoms with Crippen LogP contribution in [0.2, 0.25) is 0 Å². The van der Waals surface area contributed by atoms with Gasteiger partial charge in [-0.3, -0.25) is 9.59 Å². The molecule has 0 radical (unpaired) electrons. The molecule has 3 aromatic rings. The summed E-state index contributed by atoms with van der Waals surface area (Å²) in [5, 5.41) is 5.75. The van der Waals surface area contributed by atoms with Crippen LogP contribution in [0.1, 0.15) is 46.6 Å². The standard InChI is InChI=1S/C24H24N2O3/c1-3-21(18-11-5-4-6-12-18)25-24(28)22(16-19-13-9-15-29-19)26-23(27)20-14-8-7-10-17(20)2/h4-16,21H,3H2,1-2H3,(H,25,28)(H,26,27)/b22-16-/t21-/m1/s1. The minimum atomic E-state index is -0.376. The normalized spacial score (nSPS) is 12.3. The first-order chi connectivity index (χ1) is 14.1. The quantitative estimate of drug-likeness (QED) is 0.580. The molecule has 2 amide bonds. The Morgan fingerprint density at radius 1 is 1.00 bits per heavy atom. The molecule has 2 aromatic carbocycles. The lowest BCUT2D eigenvalue weighted by molar-refractivity contribution is -0.118. The van der Waals surface area contributed by atoms with E-state index in [9.17, 15) is 9.59 Å². The van der Waals surface area contributed by atoms with Crippen molar-refractivity contribution in [2.24, 2.45) is 0 Å². The average molecular weight is 388 g/mol. The van der Waals surface area contributed by atoms with Crippen molar-refractivity contribution in [3.8, 4) is 0 Å². The Balaban J connectivity index is 1.84. The second-order valence-electron chi connectivity index (χ2n) is 6.69. The number of hydrogen-bond donors (Lipinski definition) is 2. The molecule has 1 heterocycles. The highest BCUT2D eigenvalue weighted by Gasteiger charge is 2.19. The highest BCUT2D eigenvalue weighted by Crippen LogP contribution is 2.17. The monoisotopic (exact) mass is 388 g/mol. The van der Waals surface area contributed by atoms with Crippen molar-refractivity contribution in [3.05, 3.63) is 101 Å². The number of aryl methyl sites for hydroxylation is 1. The zero-order valence-electron chi connectivity index (χ0n) is 16.5. The molecule has 0 bridgehead atoms. The van der Waals surface area contributed by atoms with Crippen LogP contribution in [0.3, 0.4) is 0 Å². The lowest BCUT2D eigenvalue weighted by Crippen LogP contribution is -2.37. The highest BCUT2D eigenvalue weighted by molar-refractivity contribution is 6.05. The third-order valence-electron chi connectivity index (χ3n) is 4.63. The van der Waals surface area contributed by atoms with Crippen molar-refractivity contribution in [2.45, 2.75) is 26.3 Å². The van der Waals surface area contributed by atoms with E-state index in [-0.39, 0.29) is 23.6 Å². The number of carbonyl (C=O) groups is 2. The fourth-order valence-electron chi connectivity index (χ4n) is 3.03. The summed E-state index contributed by atoms with van der Waals surface area (Å²) < 4.78 is 5.33. The van der Waals surface area contributed by atoms with Crippen molar-refractivity contribution < 1.29 is 14.0 Å². The van der Waals surface area contributed by atoms with Crippen LogP contribution in [0.15, 0.2) is 83.1 Å². The maximum atomic E-state index is 13.0. The molecule has 2 N–H and O–H groups in total. The maximum absolute atomic E-state index is 13.0. The smallest absolute Gasteiger partial charge is 0.268 e. The number of rotatable bonds is 7. The molecule has 0 saturated heterocycles. The number of carbonyl (C=O) groups excluding carboxylic acids is 2. The van der Waals surface area contributed by atoms with Gasteiger partial charge in [0.05, 0.1) is 12.3 Å². The molecule has 0 saturated carbocycles. The number of nitrogens with one attached hydrogen (secondary N) is 2. The maximum Gasteiger partial charge on any atom is 0.268 e. The molecule has 0 unspecified atom stereocenters. The van der Waals surface area contributed by atoms with E-state index in [2.05, 4.69) is 10.6 Å². The van der Waals surface area contributed by atoms with Crippen molar-refractivity contribution in [1.29, 1.82) is 0 Å². The molecular weight excluding hydrogens is 364 g/mol. The summed E-state index contributed by atoms with van der Waals surface area (Å²) in [7, 11) is 0. The Morgan fingerprint density at radius 2 is 1.72 bits per heavy atom. The summed E-state index contributed by atoms with van der Waals surface area (Å²) in [5.74, 6) is -0.240. The summed E-state index contributed by atoms with van der Waals surface area (Å²) in [6, 6.07) is 20.3. The minimum absolute atomic E-state index is 0.127. The minimum Gasteiger partial charge on any atom is -0.465 e. The van der Waals surface area contributed by atoms with Crippen LogP contribution < -0.4 is 10.6 Å². The van der Waals surface area contributed by atoms with E-state index in [1.165, 1.54) is 12.3 Å². The summed E-state index contributed by atoms with van der Waals surface area (Å²) in [5.41, 5.74) is 2.48. The number of furan rings is 1. The Labute approximate surface area is 170 Å². The van der Waals surface area contributed by atoms with Crippen molar-refractivity contribution >= 4 is 17.9 Å². The molecule has 148 valence electrons. The first-order valence-electron chi connectivity index (χ1n) is 9.56. The second-order valence-corrected chi connectivity index (χ2v) is 6.69. The molecule has 0 spiro atoms. The predicted molar refractivity (Wildman–Crippen MR) is 113 cm³/mol. The molecule has 1 aromatic heterocycles. The fraction of sp³-hybridized carbons (Fsp3) is 0.167. The van der Waals surface area contributed by atoms with E-state index < -0.39 is 0 Å². The first kappa shape index (κ1) is 20.1. The van der Waals surface area contributed by atoms with E-state index in [1.807, 2.05) is 56.3 Å². The molecule has 3 rings (SSSR count). The van der Waals surface area contributed by atoms with Gasteiger partial charge < -0.3 is 15.1 Å². The zero-order valence-corrected chi connectivity index (χ0v) is 16.5. The summed E-state index contributed by atoms with van der Waals surface area (Å²) in [6.45, 7) is 3.85. The van der Waals surface area contributed by atoms with Crippen LogP contribution in [0, 0.1) is 6.92 Å². The third kappa shape index (κ3) is 5.23. The van der Waals surface area contributed by atoms with E-state index in [4.69, 9.17) is 4.42 Å². The van der Waals surface area contributed by atoms with Crippen LogP contribution in [0.4, 0.5) is 0 Å². The van der Waals surface area contributed by atoms with Gasteiger partial charge >= 0.3 is 0 Å². The lowest BCUT2D eigenvalue weighted by atomic mass is 10.0. The zero-order chi connectivity index (χ0) is 20.6. The molecule has 5 heteroatoms. The van der Waals surface area contributed by atoms with E-state index in [1.54, 1.807) is 24.3 Å². The van der Waals surface area contributed by atoms with Gasteiger partial charge in [-0.1, -0.05) is 55.5 Å². The van der Waals surface area contributed by atoms with Crippen LogP contribution in [-0.2, 0) is 4.79 Å². The fourth-order valence-corrected chi connectivity index (χ4v) is 3.03. The number of amides is 2. The van der Waals surface area contributed by atoms with Crippen LogP contribution >= 0.6 is 0 Å². The van der Waals surface area contributed by atoms with Crippen molar-refractivity contribution in [3.63, 3.8) is 0 Å². The lowest BCUT2D eigenvalue weighted by Gasteiger charge is -2.19. The summed E-state index contributed by atoms with van der Waals surface area (Å²) in [6.07, 6.45) is 3.77. The van der Waals surface area contributed by atoms with Gasteiger partial charge in [0.15, 0.2) is 0 Å². The molecule has 5 nitrogen and oxygen atoms in total. The van der Waals surface area contributed by atoms with Crippen LogP contribution in [-0.4, -0.2) is 11.8 Å². The van der Waals surface area contributed by atoms with Crippen LogP contribution in [0.5, 0.6) is 0 Å². The Morgan fingerprint density at radius 3 is 2.38 bits per heavy atom. The molecule has 0 aliphatic rings. The van der Waals surface area contributed by atoms with Gasteiger partial charge in [-0.2, -0.15) is 0 Å². The summed E-state index contributed by atoms with van der Waals surface area (Å²) in [4.78, 5) is 25.8. The summed E-state index contributed by atoms with van der Waals surface area (Å²) >= 11 is 0. The average Bonchev–Trinajstić information content (AvgIpc) is 3.25. The van der Waals surface area contributed by atoms with Gasteiger partial charge in [0.25, 0.3) is 11.8 Å². The van der Waals surface area contributed by atoms with E-state index in [0.29, 0.717) is 11.3 Å². The Kier molecular flexibility index (Phi) is 6.63. The SMILES string of the molecule is CC[C@@H](NC(=O)/C(=C/c1ccco1)NC(=O)c1ccccc1C)c1ccccc1. The van der Waals surface area contributed by atoms with Gasteiger partial charge in [-0.15, -0.1) is 0 Å². The van der Waals surface area contributed by atoms with Gasteiger partial charge in [0, 0.05) is 11.6 Å². The predicted octanol–water partition coefficient (Wildman–Crippen LogP) is 4.63. The van der Waals surface area contributed by atoms with Crippen molar-refractivity contribution in [1.82, 2.24) is 10.6 Å². The second kappa shape index (κ2) is 9.55. The Bertz CT molecular complexity index is 992. The first-order valence-corrected chi connectivity index (χ1v) is 9.56. The van der Waals surface area contributed by atoms with Crippen molar-refractivity contribution in [2.75, 3.05) is 0 Å². The third-order valence-corrected chi connectivity index (χ3v) is 4.63. The van der Waals surface area contributed by atoms with Gasteiger partial charge in [0.2, 0.25) is 0 Å². The highest BCUT2D eigenvalue weighted by atomic mass is 16.3. The van der Waals surface area contributed by atoms with E-state index in [0.717, 1.165) is 17.5 Å². The topological polar surface area (TPSA) is 71.3 Å². The van der Waals surface area contributed by atoms with Gasteiger partial charge in [0.1, 0.15) is 11.5 Å². The van der Waals surface area contributed by atoms with Crippen LogP contribution in [0.25, 0.3) is 6.08 Å². The molecule has 0 aliphatic carbocycles. The molecule has 1 atom stereocenters. The van der Waals surface area contributed by atoms with E-state index >= 15 is 0 Å². The molecule has 0 aliphatic heterocycles. The Hall–Kier alpha value is -3.60. The van der Waals surface area contributed by atoms with Gasteiger partial charge in [-0.05, 0) is 42.7 Å². The number of hydrogen-bond acceptors (Lipinski definition) is 3.